The largest absolute Gasteiger partial charge is 0.435 e. The zero-order valence-corrected chi connectivity index (χ0v) is 11.9. The van der Waals surface area contributed by atoms with Gasteiger partial charge in [0.05, 0.1) is 6.61 Å². The van der Waals surface area contributed by atoms with Crippen LogP contribution in [-0.4, -0.2) is 50.8 Å². The van der Waals surface area contributed by atoms with Gasteiger partial charge < -0.3 is 20.1 Å². The molecule has 0 bridgehead atoms. The average molecular weight is 302 g/mol. The van der Waals surface area contributed by atoms with E-state index in [1.54, 1.807) is 18.1 Å². The lowest BCUT2D eigenvalue weighted by Crippen LogP contribution is -2.35. The predicted octanol–water partition coefficient (Wildman–Crippen LogP) is 1.73. The van der Waals surface area contributed by atoms with Crippen molar-refractivity contribution >= 4 is 5.91 Å². The highest BCUT2D eigenvalue weighted by Gasteiger charge is 2.16. The summed E-state index contributed by atoms with van der Waals surface area (Å²) in [5.74, 6) is -0.304. The lowest BCUT2D eigenvalue weighted by Gasteiger charge is -2.22. The fourth-order valence-electron chi connectivity index (χ4n) is 1.79. The van der Waals surface area contributed by atoms with E-state index < -0.39 is 6.61 Å². The van der Waals surface area contributed by atoms with E-state index in [0.29, 0.717) is 38.2 Å². The second-order valence-corrected chi connectivity index (χ2v) is 4.33. The molecule has 0 unspecified atom stereocenters. The van der Waals surface area contributed by atoms with Crippen molar-refractivity contribution in [3.8, 4) is 5.75 Å². The Morgan fingerprint density at radius 2 is 2.14 bits per heavy atom. The van der Waals surface area contributed by atoms with Crippen LogP contribution in [0.4, 0.5) is 8.78 Å². The molecule has 0 aliphatic heterocycles. The Balaban J connectivity index is 2.81. The van der Waals surface area contributed by atoms with Crippen LogP contribution >= 0.6 is 0 Å². The maximum absolute atomic E-state index is 12.4. The summed E-state index contributed by atoms with van der Waals surface area (Å²) in [5.41, 5.74) is 5.74. The molecule has 0 atom stereocenters. The highest BCUT2D eigenvalue weighted by atomic mass is 19.3. The molecular formula is C14H20F2N2O3. The third kappa shape index (κ3) is 6.05. The standard InChI is InChI=1S/C14H20F2N2O3/c1-20-9-8-18(7-3-6-17)13(19)11-4-2-5-12(10-11)21-14(15)16/h2,4-5,10,14H,3,6-9,17H2,1H3. The Hall–Kier alpha value is -1.73. The minimum absolute atomic E-state index is 0.0404. The first-order valence-electron chi connectivity index (χ1n) is 6.61. The van der Waals surface area contributed by atoms with E-state index in [-0.39, 0.29) is 11.7 Å². The summed E-state index contributed by atoms with van der Waals surface area (Å²) in [6.45, 7) is -1.17. The van der Waals surface area contributed by atoms with Gasteiger partial charge >= 0.3 is 6.61 Å². The van der Waals surface area contributed by atoms with Gasteiger partial charge in [0.15, 0.2) is 0 Å². The molecule has 118 valence electrons. The highest BCUT2D eigenvalue weighted by molar-refractivity contribution is 5.94. The molecule has 0 aromatic heterocycles. The zero-order valence-electron chi connectivity index (χ0n) is 11.9. The van der Waals surface area contributed by atoms with Gasteiger partial charge in [-0.05, 0) is 31.2 Å². The molecule has 0 fully saturated rings. The second kappa shape index (κ2) is 9.25. The van der Waals surface area contributed by atoms with Crippen LogP contribution in [0.1, 0.15) is 16.8 Å². The number of ether oxygens (including phenoxy) is 2. The van der Waals surface area contributed by atoms with E-state index in [1.165, 1.54) is 18.2 Å². The molecule has 1 rings (SSSR count). The molecule has 0 aliphatic rings. The summed E-state index contributed by atoms with van der Waals surface area (Å²) in [4.78, 5) is 14.0. The fourth-order valence-corrected chi connectivity index (χ4v) is 1.79. The van der Waals surface area contributed by atoms with E-state index in [9.17, 15) is 13.6 Å². The number of carbonyl (C=O) groups is 1. The smallest absolute Gasteiger partial charge is 0.387 e. The van der Waals surface area contributed by atoms with Crippen molar-refractivity contribution in [1.29, 1.82) is 0 Å². The van der Waals surface area contributed by atoms with Crippen molar-refractivity contribution in [3.63, 3.8) is 0 Å². The molecule has 0 heterocycles. The molecule has 1 aromatic carbocycles. The van der Waals surface area contributed by atoms with E-state index in [4.69, 9.17) is 10.5 Å². The van der Waals surface area contributed by atoms with Crippen LogP contribution in [0.3, 0.4) is 0 Å². The predicted molar refractivity (Wildman–Crippen MR) is 74.5 cm³/mol. The molecule has 1 aromatic rings. The van der Waals surface area contributed by atoms with Gasteiger partial charge in [-0.15, -0.1) is 0 Å². The number of hydrogen-bond donors (Lipinski definition) is 1. The monoisotopic (exact) mass is 302 g/mol. The third-order valence-electron chi connectivity index (χ3n) is 2.79. The zero-order chi connectivity index (χ0) is 15.7. The van der Waals surface area contributed by atoms with Gasteiger partial charge in [-0.3, -0.25) is 4.79 Å². The van der Waals surface area contributed by atoms with Crippen LogP contribution < -0.4 is 10.5 Å². The number of alkyl halides is 2. The van der Waals surface area contributed by atoms with Gasteiger partial charge in [0.2, 0.25) is 0 Å². The number of hydrogen-bond acceptors (Lipinski definition) is 4. The Morgan fingerprint density at radius 3 is 2.76 bits per heavy atom. The quantitative estimate of drug-likeness (QED) is 0.754. The summed E-state index contributed by atoms with van der Waals surface area (Å²) in [7, 11) is 1.54. The van der Waals surface area contributed by atoms with Crippen LogP contribution in [0, 0.1) is 0 Å². The second-order valence-electron chi connectivity index (χ2n) is 4.33. The molecule has 7 heteroatoms. The minimum atomic E-state index is -2.92. The molecular weight excluding hydrogens is 282 g/mol. The summed E-state index contributed by atoms with van der Waals surface area (Å²) in [6, 6.07) is 5.74. The molecule has 0 radical (unpaired) electrons. The van der Waals surface area contributed by atoms with Crippen LogP contribution in [0.2, 0.25) is 0 Å². The van der Waals surface area contributed by atoms with Crippen molar-refractivity contribution in [2.75, 3.05) is 33.4 Å². The first-order valence-corrected chi connectivity index (χ1v) is 6.61. The molecule has 0 saturated heterocycles. The summed E-state index contributed by atoms with van der Waals surface area (Å²) in [5, 5.41) is 0. The molecule has 21 heavy (non-hydrogen) atoms. The van der Waals surface area contributed by atoms with E-state index in [0.717, 1.165) is 0 Å². The SMILES string of the molecule is COCCN(CCCN)C(=O)c1cccc(OC(F)F)c1. The van der Waals surface area contributed by atoms with Crippen LogP contribution in [0.25, 0.3) is 0 Å². The molecule has 0 spiro atoms. The lowest BCUT2D eigenvalue weighted by atomic mass is 10.2. The van der Waals surface area contributed by atoms with Gasteiger partial charge in [-0.1, -0.05) is 6.07 Å². The van der Waals surface area contributed by atoms with Gasteiger partial charge in [0.1, 0.15) is 5.75 Å². The number of rotatable bonds is 9. The Bertz CT molecular complexity index is 436. The van der Waals surface area contributed by atoms with Crippen molar-refractivity contribution < 1.29 is 23.0 Å². The number of halogens is 2. The van der Waals surface area contributed by atoms with Gasteiger partial charge in [-0.25, -0.2) is 0 Å². The topological polar surface area (TPSA) is 64.8 Å². The van der Waals surface area contributed by atoms with Crippen LogP contribution in [0.5, 0.6) is 5.75 Å². The van der Waals surface area contributed by atoms with Crippen LogP contribution in [0.15, 0.2) is 24.3 Å². The van der Waals surface area contributed by atoms with Crippen molar-refractivity contribution in [2.24, 2.45) is 5.73 Å². The Kier molecular flexibility index (Phi) is 7.63. The molecule has 0 aliphatic carbocycles. The van der Waals surface area contributed by atoms with E-state index in [1.807, 2.05) is 0 Å². The third-order valence-corrected chi connectivity index (χ3v) is 2.79. The van der Waals surface area contributed by atoms with E-state index in [2.05, 4.69) is 4.74 Å². The Labute approximate surface area is 122 Å². The number of amides is 1. The highest BCUT2D eigenvalue weighted by Crippen LogP contribution is 2.17. The summed E-state index contributed by atoms with van der Waals surface area (Å²) >= 11 is 0. The molecule has 1 amide bonds. The molecule has 5 nitrogen and oxygen atoms in total. The molecule has 0 saturated carbocycles. The number of carbonyl (C=O) groups excluding carboxylic acids is 1. The van der Waals surface area contributed by atoms with Crippen molar-refractivity contribution in [3.05, 3.63) is 29.8 Å². The van der Waals surface area contributed by atoms with E-state index >= 15 is 0 Å². The number of nitrogens with zero attached hydrogens (tertiary/aromatic N) is 1. The fraction of sp³-hybridized carbons (Fsp3) is 0.500. The van der Waals surface area contributed by atoms with Crippen molar-refractivity contribution in [2.45, 2.75) is 13.0 Å². The number of methoxy groups -OCH3 is 1. The summed E-state index contributed by atoms with van der Waals surface area (Å²) in [6.07, 6.45) is 0.655. The lowest BCUT2D eigenvalue weighted by molar-refractivity contribution is -0.0499. The van der Waals surface area contributed by atoms with Gasteiger partial charge in [0, 0.05) is 25.8 Å². The maximum atomic E-state index is 12.4. The first-order chi connectivity index (χ1) is 10.1. The first kappa shape index (κ1) is 17.3. The van der Waals surface area contributed by atoms with Crippen molar-refractivity contribution in [1.82, 2.24) is 4.90 Å². The normalized spacial score (nSPS) is 10.7. The number of benzene rings is 1. The summed E-state index contributed by atoms with van der Waals surface area (Å²) < 4.78 is 33.7. The van der Waals surface area contributed by atoms with Crippen LogP contribution in [-0.2, 0) is 4.74 Å². The Morgan fingerprint density at radius 1 is 1.38 bits per heavy atom. The minimum Gasteiger partial charge on any atom is -0.435 e. The average Bonchev–Trinajstić information content (AvgIpc) is 2.46. The maximum Gasteiger partial charge on any atom is 0.387 e. The number of nitrogens with two attached hydrogens (primary N) is 1. The van der Waals surface area contributed by atoms with Gasteiger partial charge in [0.25, 0.3) is 5.91 Å². The van der Waals surface area contributed by atoms with Gasteiger partial charge in [-0.2, -0.15) is 8.78 Å². The molecule has 2 N–H and O–H groups in total.